The van der Waals surface area contributed by atoms with Gasteiger partial charge in [-0.25, -0.2) is 4.68 Å². The highest BCUT2D eigenvalue weighted by molar-refractivity contribution is 5.56. The van der Waals surface area contributed by atoms with Crippen molar-refractivity contribution >= 4 is 5.69 Å². The van der Waals surface area contributed by atoms with E-state index in [0.717, 1.165) is 17.1 Å². The third-order valence-electron chi connectivity index (χ3n) is 4.04. The molecule has 0 atom stereocenters. The van der Waals surface area contributed by atoms with E-state index < -0.39 is 0 Å². The van der Waals surface area contributed by atoms with Gasteiger partial charge in [0.25, 0.3) is 0 Å². The molecule has 0 amide bonds. The molecule has 0 aliphatic heterocycles. The van der Waals surface area contributed by atoms with Crippen molar-refractivity contribution in [1.29, 1.82) is 0 Å². The van der Waals surface area contributed by atoms with Crippen LogP contribution >= 0.6 is 0 Å². The number of aromatic nitrogens is 3. The van der Waals surface area contributed by atoms with Crippen LogP contribution in [0.3, 0.4) is 0 Å². The van der Waals surface area contributed by atoms with Crippen LogP contribution in [0.1, 0.15) is 37.8 Å². The van der Waals surface area contributed by atoms with E-state index in [1.807, 2.05) is 25.2 Å². The van der Waals surface area contributed by atoms with Crippen LogP contribution < -0.4 is 10.1 Å². The van der Waals surface area contributed by atoms with Crippen molar-refractivity contribution < 1.29 is 4.74 Å². The number of hydrogen-bond acceptors (Lipinski definition) is 4. The van der Waals surface area contributed by atoms with Crippen LogP contribution in [-0.2, 0) is 13.7 Å². The zero-order valence-electron chi connectivity index (χ0n) is 12.5. The molecule has 5 nitrogen and oxygen atoms in total. The van der Waals surface area contributed by atoms with E-state index in [1.54, 1.807) is 10.9 Å². The SMILES string of the molecule is Cn1nncc1COc1ccccc1NC1CCCCC1. The second-order valence-electron chi connectivity index (χ2n) is 5.61. The Kier molecular flexibility index (Phi) is 4.38. The summed E-state index contributed by atoms with van der Waals surface area (Å²) in [4.78, 5) is 0. The summed E-state index contributed by atoms with van der Waals surface area (Å²) in [5, 5.41) is 11.4. The first-order valence-corrected chi connectivity index (χ1v) is 7.65. The lowest BCUT2D eigenvalue weighted by Crippen LogP contribution is -2.22. The largest absolute Gasteiger partial charge is 0.485 e. The molecular weight excluding hydrogens is 264 g/mol. The van der Waals surface area contributed by atoms with E-state index in [4.69, 9.17) is 4.74 Å². The summed E-state index contributed by atoms with van der Waals surface area (Å²) in [5.41, 5.74) is 2.04. The molecule has 1 aromatic heterocycles. The molecule has 0 unspecified atom stereocenters. The fourth-order valence-electron chi connectivity index (χ4n) is 2.77. The quantitative estimate of drug-likeness (QED) is 0.917. The van der Waals surface area contributed by atoms with Crippen LogP contribution in [0.15, 0.2) is 30.5 Å². The van der Waals surface area contributed by atoms with Crippen molar-refractivity contribution in [1.82, 2.24) is 15.0 Å². The number of rotatable bonds is 5. The van der Waals surface area contributed by atoms with Gasteiger partial charge < -0.3 is 10.1 Å². The van der Waals surface area contributed by atoms with Crippen LogP contribution in [0.25, 0.3) is 0 Å². The van der Waals surface area contributed by atoms with Crippen LogP contribution in [0.5, 0.6) is 5.75 Å². The number of anilines is 1. The van der Waals surface area contributed by atoms with Crippen molar-refractivity contribution in [3.8, 4) is 5.75 Å². The third-order valence-corrected chi connectivity index (χ3v) is 4.04. The Hall–Kier alpha value is -2.04. The van der Waals surface area contributed by atoms with Gasteiger partial charge in [0, 0.05) is 13.1 Å². The van der Waals surface area contributed by atoms with Gasteiger partial charge in [0.1, 0.15) is 12.4 Å². The average molecular weight is 286 g/mol. The lowest BCUT2D eigenvalue weighted by Gasteiger charge is -2.25. The monoisotopic (exact) mass is 286 g/mol. The van der Waals surface area contributed by atoms with E-state index >= 15 is 0 Å². The predicted molar refractivity (Wildman–Crippen MR) is 82.3 cm³/mol. The van der Waals surface area contributed by atoms with Gasteiger partial charge in [0.15, 0.2) is 0 Å². The van der Waals surface area contributed by atoms with E-state index in [2.05, 4.69) is 21.7 Å². The van der Waals surface area contributed by atoms with Gasteiger partial charge in [-0.1, -0.05) is 36.6 Å². The number of nitrogens with one attached hydrogen (secondary N) is 1. The molecule has 5 heteroatoms. The lowest BCUT2D eigenvalue weighted by molar-refractivity contribution is 0.295. The maximum absolute atomic E-state index is 5.94. The number of nitrogens with zero attached hydrogens (tertiary/aromatic N) is 3. The van der Waals surface area contributed by atoms with Crippen molar-refractivity contribution in [3.05, 3.63) is 36.2 Å². The van der Waals surface area contributed by atoms with E-state index in [-0.39, 0.29) is 0 Å². The smallest absolute Gasteiger partial charge is 0.142 e. The second kappa shape index (κ2) is 6.61. The van der Waals surface area contributed by atoms with Crippen LogP contribution in [-0.4, -0.2) is 21.0 Å². The van der Waals surface area contributed by atoms with Crippen LogP contribution in [0, 0.1) is 0 Å². The summed E-state index contributed by atoms with van der Waals surface area (Å²) >= 11 is 0. The molecule has 2 aromatic rings. The summed E-state index contributed by atoms with van der Waals surface area (Å²) in [6, 6.07) is 8.72. The molecule has 1 aliphatic rings. The first-order valence-electron chi connectivity index (χ1n) is 7.65. The lowest BCUT2D eigenvalue weighted by atomic mass is 9.95. The molecule has 0 radical (unpaired) electrons. The Morgan fingerprint density at radius 2 is 2.05 bits per heavy atom. The third kappa shape index (κ3) is 3.54. The molecule has 1 N–H and O–H groups in total. The summed E-state index contributed by atoms with van der Waals surface area (Å²) in [6.45, 7) is 0.479. The minimum Gasteiger partial charge on any atom is -0.485 e. The standard InChI is InChI=1S/C16H22N4O/c1-20-14(11-17-19-20)12-21-16-10-6-5-9-15(16)18-13-7-3-2-4-8-13/h5-6,9-11,13,18H,2-4,7-8,12H2,1H3. The van der Waals surface area contributed by atoms with Gasteiger partial charge in [0.2, 0.25) is 0 Å². The van der Waals surface area contributed by atoms with Crippen molar-refractivity contribution in [3.63, 3.8) is 0 Å². The molecule has 0 saturated heterocycles. The molecule has 1 heterocycles. The van der Waals surface area contributed by atoms with Crippen LogP contribution in [0.2, 0.25) is 0 Å². The fraction of sp³-hybridized carbons (Fsp3) is 0.500. The van der Waals surface area contributed by atoms with Gasteiger partial charge in [-0.2, -0.15) is 0 Å². The molecule has 1 fully saturated rings. The first kappa shape index (κ1) is 13.9. The van der Waals surface area contributed by atoms with E-state index in [9.17, 15) is 0 Å². The first-order chi connectivity index (χ1) is 10.3. The highest BCUT2D eigenvalue weighted by atomic mass is 16.5. The normalized spacial score (nSPS) is 15.9. The second-order valence-corrected chi connectivity index (χ2v) is 5.61. The maximum Gasteiger partial charge on any atom is 0.142 e. The number of ether oxygens (including phenoxy) is 1. The maximum atomic E-state index is 5.94. The van der Waals surface area contributed by atoms with Gasteiger partial charge >= 0.3 is 0 Å². The minimum atomic E-state index is 0.479. The van der Waals surface area contributed by atoms with Gasteiger partial charge in [-0.15, -0.1) is 5.10 Å². The highest BCUT2D eigenvalue weighted by Gasteiger charge is 2.15. The number of aryl methyl sites for hydroxylation is 1. The van der Waals surface area contributed by atoms with Gasteiger partial charge in [0.05, 0.1) is 17.6 Å². The van der Waals surface area contributed by atoms with Crippen molar-refractivity contribution in [2.75, 3.05) is 5.32 Å². The minimum absolute atomic E-state index is 0.479. The average Bonchev–Trinajstić information content (AvgIpc) is 2.93. The molecule has 21 heavy (non-hydrogen) atoms. The highest BCUT2D eigenvalue weighted by Crippen LogP contribution is 2.28. The number of benzene rings is 1. The van der Waals surface area contributed by atoms with Crippen LogP contribution in [0.4, 0.5) is 5.69 Å². The summed E-state index contributed by atoms with van der Waals surface area (Å²) in [6.07, 6.45) is 8.24. The summed E-state index contributed by atoms with van der Waals surface area (Å²) in [5.74, 6) is 0.893. The predicted octanol–water partition coefficient (Wildman–Crippen LogP) is 3.14. The fourth-order valence-corrected chi connectivity index (χ4v) is 2.77. The molecule has 1 saturated carbocycles. The Balaban J connectivity index is 1.65. The topological polar surface area (TPSA) is 52.0 Å². The van der Waals surface area contributed by atoms with Crippen molar-refractivity contribution in [2.24, 2.45) is 7.05 Å². The summed E-state index contributed by atoms with van der Waals surface area (Å²) < 4.78 is 7.67. The van der Waals surface area contributed by atoms with E-state index in [1.165, 1.54) is 32.1 Å². The Bertz CT molecular complexity index is 575. The zero-order chi connectivity index (χ0) is 14.5. The zero-order valence-corrected chi connectivity index (χ0v) is 12.5. The number of hydrogen-bond donors (Lipinski definition) is 1. The molecule has 3 rings (SSSR count). The molecule has 1 aromatic carbocycles. The van der Waals surface area contributed by atoms with Crippen molar-refractivity contribution in [2.45, 2.75) is 44.8 Å². The Labute approximate surface area is 125 Å². The molecule has 0 bridgehead atoms. The Morgan fingerprint density at radius 1 is 1.24 bits per heavy atom. The Morgan fingerprint density at radius 3 is 2.81 bits per heavy atom. The summed E-state index contributed by atoms with van der Waals surface area (Å²) in [7, 11) is 1.87. The van der Waals surface area contributed by atoms with Gasteiger partial charge in [-0.05, 0) is 25.0 Å². The molecule has 112 valence electrons. The molecular formula is C16H22N4O. The van der Waals surface area contributed by atoms with Gasteiger partial charge in [-0.3, -0.25) is 0 Å². The van der Waals surface area contributed by atoms with E-state index in [0.29, 0.717) is 12.6 Å². The number of para-hydroxylation sites is 2. The molecule has 0 spiro atoms. The molecule has 1 aliphatic carbocycles.